The number of ketones is 2. The van der Waals surface area contributed by atoms with Crippen molar-refractivity contribution in [3.8, 4) is 5.75 Å². The Hall–Kier alpha value is -3.48. The van der Waals surface area contributed by atoms with Gasteiger partial charge in [0.15, 0.2) is 0 Å². The van der Waals surface area contributed by atoms with E-state index in [9.17, 15) is 18.8 Å². The molecule has 1 amide bonds. The van der Waals surface area contributed by atoms with Gasteiger partial charge in [0.25, 0.3) is 5.91 Å². The Balaban J connectivity index is 1.55. The standard InChI is InChI=1S/C27H29FN2O4/c1-4-24(31)26(32)22-16-29(2)23-15-25(34-3)21(14-20(22)23)27(33)30-11-9-18(10-12-30)13-17-5-7-19(28)8-6-17/h5-8,14-16,18H,4,9-13H2,1-3H3. The maximum Gasteiger partial charge on any atom is 0.257 e. The number of nitrogens with zero attached hydrogens (tertiary/aromatic N) is 2. The Morgan fingerprint density at radius 1 is 1.06 bits per heavy atom. The van der Waals surface area contributed by atoms with E-state index in [1.54, 1.807) is 36.9 Å². The second kappa shape index (κ2) is 9.79. The molecule has 0 N–H and O–H groups in total. The molecule has 0 saturated carbocycles. The highest BCUT2D eigenvalue weighted by atomic mass is 19.1. The molecule has 1 aromatic heterocycles. The fourth-order valence-electron chi connectivity index (χ4n) is 4.70. The third-order valence-electron chi connectivity index (χ3n) is 6.70. The lowest BCUT2D eigenvalue weighted by Crippen LogP contribution is -2.39. The van der Waals surface area contributed by atoms with Gasteiger partial charge in [0.05, 0.1) is 23.8 Å². The Morgan fingerprint density at radius 3 is 2.35 bits per heavy atom. The van der Waals surface area contributed by atoms with Gasteiger partial charge in [0, 0.05) is 44.2 Å². The molecule has 1 saturated heterocycles. The lowest BCUT2D eigenvalue weighted by atomic mass is 9.90. The highest BCUT2D eigenvalue weighted by Gasteiger charge is 2.28. The number of benzene rings is 2. The van der Waals surface area contributed by atoms with E-state index in [1.807, 2.05) is 17.0 Å². The van der Waals surface area contributed by atoms with Crippen molar-refractivity contribution in [3.05, 3.63) is 65.1 Å². The molecule has 0 aliphatic carbocycles. The maximum atomic E-state index is 13.4. The van der Waals surface area contributed by atoms with Gasteiger partial charge < -0.3 is 14.2 Å². The van der Waals surface area contributed by atoms with Gasteiger partial charge in [-0.25, -0.2) is 4.39 Å². The molecule has 2 heterocycles. The topological polar surface area (TPSA) is 68.6 Å². The van der Waals surface area contributed by atoms with Gasteiger partial charge in [-0.05, 0) is 48.9 Å². The van der Waals surface area contributed by atoms with Crippen molar-refractivity contribution in [2.45, 2.75) is 32.6 Å². The maximum absolute atomic E-state index is 13.4. The summed E-state index contributed by atoms with van der Waals surface area (Å²) in [7, 11) is 3.31. The number of halogens is 1. The van der Waals surface area contributed by atoms with Crippen molar-refractivity contribution in [3.63, 3.8) is 0 Å². The first kappa shape index (κ1) is 23.7. The van der Waals surface area contributed by atoms with Crippen molar-refractivity contribution < 1.29 is 23.5 Å². The minimum atomic E-state index is -0.543. The summed E-state index contributed by atoms with van der Waals surface area (Å²) >= 11 is 0. The third-order valence-corrected chi connectivity index (χ3v) is 6.70. The van der Waals surface area contributed by atoms with E-state index in [4.69, 9.17) is 4.74 Å². The van der Waals surface area contributed by atoms with E-state index in [-0.39, 0.29) is 18.1 Å². The number of amides is 1. The van der Waals surface area contributed by atoms with Crippen molar-refractivity contribution in [2.24, 2.45) is 13.0 Å². The molecule has 178 valence electrons. The average Bonchev–Trinajstić information content (AvgIpc) is 3.19. The van der Waals surface area contributed by atoms with Gasteiger partial charge >= 0.3 is 0 Å². The monoisotopic (exact) mass is 464 g/mol. The molecule has 0 spiro atoms. The van der Waals surface area contributed by atoms with Crippen LogP contribution in [0.15, 0.2) is 42.6 Å². The molecule has 3 aromatic rings. The summed E-state index contributed by atoms with van der Waals surface area (Å²) in [5.41, 5.74) is 2.51. The van der Waals surface area contributed by atoms with Gasteiger partial charge in [-0.15, -0.1) is 0 Å². The van der Waals surface area contributed by atoms with E-state index in [1.165, 1.54) is 19.2 Å². The first-order valence-corrected chi connectivity index (χ1v) is 11.6. The number of carbonyl (C=O) groups is 3. The van der Waals surface area contributed by atoms with Gasteiger partial charge in [-0.2, -0.15) is 0 Å². The van der Waals surface area contributed by atoms with Crippen molar-refractivity contribution in [2.75, 3.05) is 20.2 Å². The van der Waals surface area contributed by atoms with E-state index >= 15 is 0 Å². The number of likely N-dealkylation sites (tertiary alicyclic amines) is 1. The van der Waals surface area contributed by atoms with Crippen LogP contribution in [0.25, 0.3) is 10.9 Å². The van der Waals surface area contributed by atoms with Crippen LogP contribution in [-0.4, -0.2) is 47.1 Å². The summed E-state index contributed by atoms with van der Waals surface area (Å²) in [6.07, 6.45) is 4.33. The molecule has 6 nitrogen and oxygen atoms in total. The smallest absolute Gasteiger partial charge is 0.257 e. The lowest BCUT2D eigenvalue weighted by molar-refractivity contribution is -0.114. The van der Waals surface area contributed by atoms with Crippen LogP contribution in [0.2, 0.25) is 0 Å². The molecule has 0 bridgehead atoms. The van der Waals surface area contributed by atoms with Crippen LogP contribution in [0.4, 0.5) is 4.39 Å². The largest absolute Gasteiger partial charge is 0.496 e. The molecular weight excluding hydrogens is 435 g/mol. The predicted molar refractivity (Wildman–Crippen MR) is 128 cm³/mol. The Kier molecular flexibility index (Phi) is 6.82. The van der Waals surface area contributed by atoms with E-state index in [0.717, 1.165) is 30.3 Å². The van der Waals surface area contributed by atoms with Crippen LogP contribution in [0.5, 0.6) is 5.75 Å². The van der Waals surface area contributed by atoms with Crippen molar-refractivity contribution in [1.82, 2.24) is 9.47 Å². The van der Waals surface area contributed by atoms with Crippen molar-refractivity contribution in [1.29, 1.82) is 0 Å². The minimum absolute atomic E-state index is 0.129. The van der Waals surface area contributed by atoms with Gasteiger partial charge in [0.1, 0.15) is 11.6 Å². The lowest BCUT2D eigenvalue weighted by Gasteiger charge is -2.32. The number of fused-ring (bicyclic) bond motifs is 1. The number of piperidine rings is 1. The second-order valence-electron chi connectivity index (χ2n) is 8.90. The Labute approximate surface area is 198 Å². The molecule has 1 fully saturated rings. The molecule has 7 heteroatoms. The molecule has 1 aliphatic heterocycles. The predicted octanol–water partition coefficient (Wildman–Crippen LogP) is 4.58. The number of hydrogen-bond donors (Lipinski definition) is 0. The highest BCUT2D eigenvalue weighted by Crippen LogP contribution is 2.32. The zero-order valence-corrected chi connectivity index (χ0v) is 19.8. The van der Waals surface area contributed by atoms with Crippen LogP contribution in [-0.2, 0) is 18.3 Å². The van der Waals surface area contributed by atoms with Gasteiger partial charge in [0.2, 0.25) is 11.6 Å². The molecular formula is C27H29FN2O4. The minimum Gasteiger partial charge on any atom is -0.496 e. The molecule has 2 aromatic carbocycles. The quantitative estimate of drug-likeness (QED) is 0.379. The van der Waals surface area contributed by atoms with E-state index in [2.05, 4.69) is 0 Å². The number of aryl methyl sites for hydroxylation is 1. The summed E-state index contributed by atoms with van der Waals surface area (Å²) in [6, 6.07) is 10.0. The number of Topliss-reactive ketones (excluding diaryl/α,β-unsaturated/α-hetero) is 2. The number of hydrogen-bond acceptors (Lipinski definition) is 4. The molecule has 34 heavy (non-hydrogen) atoms. The normalized spacial score (nSPS) is 14.4. The second-order valence-corrected chi connectivity index (χ2v) is 8.90. The number of methoxy groups -OCH3 is 1. The highest BCUT2D eigenvalue weighted by molar-refractivity contribution is 6.45. The van der Waals surface area contributed by atoms with Crippen LogP contribution >= 0.6 is 0 Å². The Morgan fingerprint density at radius 2 is 1.74 bits per heavy atom. The van der Waals surface area contributed by atoms with E-state index < -0.39 is 11.6 Å². The summed E-state index contributed by atoms with van der Waals surface area (Å²) in [5.74, 6) is -0.525. The fourth-order valence-corrected chi connectivity index (χ4v) is 4.70. The fraction of sp³-hybridized carbons (Fsp3) is 0.370. The van der Waals surface area contributed by atoms with Crippen LogP contribution < -0.4 is 4.74 Å². The SMILES string of the molecule is CCC(=O)C(=O)c1cn(C)c2cc(OC)c(C(=O)N3CCC(Cc4ccc(F)cc4)CC3)cc12. The zero-order chi connectivity index (χ0) is 24.4. The molecule has 1 aliphatic rings. The molecule has 4 rings (SSSR count). The van der Waals surface area contributed by atoms with Gasteiger partial charge in [-0.1, -0.05) is 19.1 Å². The number of carbonyl (C=O) groups excluding carboxylic acids is 3. The third kappa shape index (κ3) is 4.60. The first-order valence-electron chi connectivity index (χ1n) is 11.6. The van der Waals surface area contributed by atoms with Crippen LogP contribution in [0.1, 0.15) is 52.5 Å². The zero-order valence-electron chi connectivity index (χ0n) is 19.8. The summed E-state index contributed by atoms with van der Waals surface area (Å²) in [5, 5.41) is 0.574. The van der Waals surface area contributed by atoms with Crippen LogP contribution in [0.3, 0.4) is 0 Å². The Bertz CT molecular complexity index is 1240. The number of rotatable bonds is 7. The van der Waals surface area contributed by atoms with E-state index in [0.29, 0.717) is 41.3 Å². The summed E-state index contributed by atoms with van der Waals surface area (Å²) in [4.78, 5) is 40.0. The van der Waals surface area contributed by atoms with Crippen molar-refractivity contribution >= 4 is 28.4 Å². The first-order chi connectivity index (χ1) is 16.3. The summed E-state index contributed by atoms with van der Waals surface area (Å²) in [6.45, 7) is 2.88. The molecule has 0 unspecified atom stereocenters. The molecule has 0 atom stereocenters. The molecule has 0 radical (unpaired) electrons. The average molecular weight is 465 g/mol. The van der Waals surface area contributed by atoms with Gasteiger partial charge in [-0.3, -0.25) is 14.4 Å². The van der Waals surface area contributed by atoms with Crippen LogP contribution in [0, 0.1) is 11.7 Å². The summed E-state index contributed by atoms with van der Waals surface area (Å²) < 4.78 is 20.5. The number of ether oxygens (including phenoxy) is 1. The number of aromatic nitrogens is 1.